The van der Waals surface area contributed by atoms with Crippen molar-refractivity contribution < 1.29 is 26.7 Å². The van der Waals surface area contributed by atoms with E-state index in [1.54, 1.807) is 0 Å². The minimum atomic E-state index is -3.73. The van der Waals surface area contributed by atoms with Crippen molar-refractivity contribution in [3.63, 3.8) is 0 Å². The molecule has 1 amide bonds. The van der Waals surface area contributed by atoms with Gasteiger partial charge in [-0.2, -0.15) is 4.31 Å². The van der Waals surface area contributed by atoms with Crippen LogP contribution in [0.5, 0.6) is 5.75 Å². The van der Waals surface area contributed by atoms with Crippen LogP contribution in [-0.2, 0) is 10.0 Å². The highest BCUT2D eigenvalue weighted by atomic mass is 32.2. The first-order valence-electron chi connectivity index (χ1n) is 8.27. The molecular weight excluding hydrogens is 378 g/mol. The molecule has 0 spiro atoms. The van der Waals surface area contributed by atoms with Crippen molar-refractivity contribution in [3.05, 3.63) is 53.6 Å². The Labute approximate surface area is 155 Å². The molecule has 0 unspecified atom stereocenters. The Morgan fingerprint density at radius 3 is 2.44 bits per heavy atom. The number of carbonyl (C=O) groups is 1. The predicted molar refractivity (Wildman–Crippen MR) is 95.3 cm³/mol. The molecule has 1 N–H and O–H groups in total. The second kappa shape index (κ2) is 7.61. The SMILES string of the molecule is COc1ccc(S(=O)(=O)N2CCCC2)cc1C(=O)Nc1ccc(F)cc1F. The first-order chi connectivity index (χ1) is 12.8. The summed E-state index contributed by atoms with van der Waals surface area (Å²) < 4.78 is 58.7. The number of amides is 1. The topological polar surface area (TPSA) is 75.7 Å². The van der Waals surface area contributed by atoms with Gasteiger partial charge in [0, 0.05) is 19.2 Å². The van der Waals surface area contributed by atoms with Crippen molar-refractivity contribution >= 4 is 21.6 Å². The number of carbonyl (C=O) groups excluding carboxylic acids is 1. The first-order valence-corrected chi connectivity index (χ1v) is 9.71. The number of methoxy groups -OCH3 is 1. The third-order valence-corrected chi connectivity index (χ3v) is 6.19. The number of benzene rings is 2. The van der Waals surface area contributed by atoms with E-state index in [4.69, 9.17) is 4.74 Å². The van der Waals surface area contributed by atoms with Crippen LogP contribution in [0.2, 0.25) is 0 Å². The van der Waals surface area contributed by atoms with Crippen LogP contribution in [0.15, 0.2) is 41.3 Å². The summed E-state index contributed by atoms with van der Waals surface area (Å²) in [6.45, 7) is 0.855. The number of rotatable bonds is 5. The Morgan fingerprint density at radius 1 is 1.11 bits per heavy atom. The Morgan fingerprint density at radius 2 is 1.81 bits per heavy atom. The number of ether oxygens (including phenoxy) is 1. The van der Waals surface area contributed by atoms with Crippen molar-refractivity contribution in [2.24, 2.45) is 0 Å². The van der Waals surface area contributed by atoms with Crippen molar-refractivity contribution in [3.8, 4) is 5.75 Å². The highest BCUT2D eigenvalue weighted by Gasteiger charge is 2.28. The molecule has 2 aromatic carbocycles. The van der Waals surface area contributed by atoms with Gasteiger partial charge >= 0.3 is 0 Å². The zero-order chi connectivity index (χ0) is 19.6. The Balaban J connectivity index is 1.94. The molecule has 27 heavy (non-hydrogen) atoms. The van der Waals surface area contributed by atoms with Gasteiger partial charge in [-0.1, -0.05) is 0 Å². The van der Waals surface area contributed by atoms with E-state index in [1.807, 2.05) is 0 Å². The zero-order valence-corrected chi connectivity index (χ0v) is 15.4. The van der Waals surface area contributed by atoms with Crippen molar-refractivity contribution in [2.75, 3.05) is 25.5 Å². The second-order valence-corrected chi connectivity index (χ2v) is 7.99. The molecule has 0 saturated carbocycles. The number of nitrogens with zero attached hydrogens (tertiary/aromatic N) is 1. The number of halogens is 2. The molecule has 0 bridgehead atoms. The zero-order valence-electron chi connectivity index (χ0n) is 14.5. The molecule has 9 heteroatoms. The molecule has 1 saturated heterocycles. The average molecular weight is 396 g/mol. The van der Waals surface area contributed by atoms with Crippen LogP contribution in [0.25, 0.3) is 0 Å². The molecule has 0 aliphatic carbocycles. The molecule has 0 atom stereocenters. The van der Waals surface area contributed by atoms with Gasteiger partial charge in [-0.3, -0.25) is 4.79 Å². The molecule has 144 valence electrons. The number of hydrogen-bond acceptors (Lipinski definition) is 4. The predicted octanol–water partition coefficient (Wildman–Crippen LogP) is 3.01. The summed E-state index contributed by atoms with van der Waals surface area (Å²) in [5.74, 6) is -2.35. The molecular formula is C18H18F2N2O4S. The smallest absolute Gasteiger partial charge is 0.259 e. The lowest BCUT2D eigenvalue weighted by atomic mass is 10.1. The van der Waals surface area contributed by atoms with Gasteiger partial charge in [0.15, 0.2) is 0 Å². The van der Waals surface area contributed by atoms with E-state index in [0.717, 1.165) is 25.0 Å². The maximum atomic E-state index is 13.8. The van der Waals surface area contributed by atoms with Crippen LogP contribution in [-0.4, -0.2) is 38.8 Å². The van der Waals surface area contributed by atoms with Gasteiger partial charge in [0.25, 0.3) is 5.91 Å². The van der Waals surface area contributed by atoms with Crippen LogP contribution in [0.3, 0.4) is 0 Å². The summed E-state index contributed by atoms with van der Waals surface area (Å²) in [6, 6.07) is 6.66. The fraction of sp³-hybridized carbons (Fsp3) is 0.278. The summed E-state index contributed by atoms with van der Waals surface area (Å²) in [5.41, 5.74) is -0.294. The van der Waals surface area contributed by atoms with Crippen molar-refractivity contribution in [2.45, 2.75) is 17.7 Å². The third-order valence-electron chi connectivity index (χ3n) is 4.30. The molecule has 0 aromatic heterocycles. The van der Waals surface area contributed by atoms with Crippen LogP contribution in [0.1, 0.15) is 23.2 Å². The van der Waals surface area contributed by atoms with Gasteiger partial charge in [0.2, 0.25) is 10.0 Å². The van der Waals surface area contributed by atoms with Gasteiger partial charge < -0.3 is 10.1 Å². The van der Waals surface area contributed by atoms with Crippen LogP contribution < -0.4 is 10.1 Å². The van der Waals surface area contributed by atoms with Crippen LogP contribution in [0.4, 0.5) is 14.5 Å². The normalized spacial score (nSPS) is 14.9. The maximum absolute atomic E-state index is 13.8. The van der Waals surface area contributed by atoms with Crippen molar-refractivity contribution in [1.82, 2.24) is 4.31 Å². The summed E-state index contributed by atoms with van der Waals surface area (Å²) in [6.07, 6.45) is 1.57. The van der Waals surface area contributed by atoms with E-state index in [0.29, 0.717) is 19.2 Å². The summed E-state index contributed by atoms with van der Waals surface area (Å²) in [7, 11) is -2.40. The molecule has 1 fully saturated rings. The highest BCUT2D eigenvalue weighted by molar-refractivity contribution is 7.89. The molecule has 1 aliphatic rings. The fourth-order valence-electron chi connectivity index (χ4n) is 2.88. The largest absolute Gasteiger partial charge is 0.496 e. The van der Waals surface area contributed by atoms with E-state index in [-0.39, 0.29) is 21.9 Å². The standard InChI is InChI=1S/C18H18F2N2O4S/c1-26-17-7-5-13(27(24,25)22-8-2-3-9-22)11-14(17)18(23)21-16-6-4-12(19)10-15(16)20/h4-7,10-11H,2-3,8-9H2,1H3,(H,21,23). The number of nitrogens with one attached hydrogen (secondary N) is 1. The van der Waals surface area contributed by atoms with Gasteiger partial charge in [-0.15, -0.1) is 0 Å². The highest BCUT2D eigenvalue weighted by Crippen LogP contribution is 2.27. The average Bonchev–Trinajstić information content (AvgIpc) is 3.19. The van der Waals surface area contributed by atoms with E-state index in [2.05, 4.69) is 5.32 Å². The third kappa shape index (κ3) is 3.93. The second-order valence-electron chi connectivity index (χ2n) is 6.05. The van der Waals surface area contributed by atoms with Gasteiger partial charge in [0.1, 0.15) is 17.4 Å². The van der Waals surface area contributed by atoms with Gasteiger partial charge in [-0.05, 0) is 43.2 Å². The quantitative estimate of drug-likeness (QED) is 0.843. The van der Waals surface area contributed by atoms with Gasteiger partial charge in [-0.25, -0.2) is 17.2 Å². The van der Waals surface area contributed by atoms with E-state index in [1.165, 1.54) is 29.6 Å². The number of anilines is 1. The number of hydrogen-bond donors (Lipinski definition) is 1. The minimum Gasteiger partial charge on any atom is -0.496 e. The summed E-state index contributed by atoms with van der Waals surface area (Å²) >= 11 is 0. The lowest BCUT2D eigenvalue weighted by Crippen LogP contribution is -2.28. The Kier molecular flexibility index (Phi) is 5.43. The molecule has 2 aromatic rings. The van der Waals surface area contributed by atoms with Crippen molar-refractivity contribution in [1.29, 1.82) is 0 Å². The lowest BCUT2D eigenvalue weighted by molar-refractivity contribution is 0.102. The summed E-state index contributed by atoms with van der Waals surface area (Å²) in [5, 5.41) is 2.31. The number of sulfonamides is 1. The van der Waals surface area contributed by atoms with E-state index < -0.39 is 27.6 Å². The summed E-state index contributed by atoms with van der Waals surface area (Å²) in [4.78, 5) is 12.5. The monoisotopic (exact) mass is 396 g/mol. The molecule has 3 rings (SSSR count). The molecule has 1 heterocycles. The molecule has 0 radical (unpaired) electrons. The fourth-order valence-corrected chi connectivity index (χ4v) is 4.43. The van der Waals surface area contributed by atoms with E-state index in [9.17, 15) is 22.0 Å². The molecule has 1 aliphatic heterocycles. The van der Waals surface area contributed by atoms with E-state index >= 15 is 0 Å². The van der Waals surface area contributed by atoms with Crippen LogP contribution >= 0.6 is 0 Å². The van der Waals surface area contributed by atoms with Gasteiger partial charge in [0.05, 0.1) is 23.3 Å². The molecule has 6 nitrogen and oxygen atoms in total. The first kappa shape index (κ1) is 19.2. The van der Waals surface area contributed by atoms with Crippen LogP contribution in [0, 0.1) is 11.6 Å². The Hall–Kier alpha value is -2.52. The lowest BCUT2D eigenvalue weighted by Gasteiger charge is -2.17. The maximum Gasteiger partial charge on any atom is 0.259 e. The minimum absolute atomic E-state index is 0.0464. The Bertz CT molecular complexity index is 973.